The lowest BCUT2D eigenvalue weighted by molar-refractivity contribution is 0.373. The van der Waals surface area contributed by atoms with Gasteiger partial charge in [0, 0.05) is 28.9 Å². The van der Waals surface area contributed by atoms with Gasteiger partial charge in [0.15, 0.2) is 0 Å². The van der Waals surface area contributed by atoms with E-state index in [1.807, 2.05) is 0 Å². The number of hydrogen-bond acceptors (Lipinski definition) is 6. The lowest BCUT2D eigenvalue weighted by atomic mass is 9.89. The van der Waals surface area contributed by atoms with E-state index >= 15 is 0 Å². The number of aromatic nitrogens is 2. The standard InChI is InChI=1S/C26H33N5S/c1-18(23-11-6-16-32-23)29-25-22-10-5-9-21(20-12-14-27-15-13-20)24(22)30-26(31-25)28-17-19-7-3-2-4-8-19/h5-6,9-12,16,18-19,27H,2-4,7-8,13-15,17H2,1H3,(H2,28,29,30,31). The normalized spacial score (nSPS) is 18.3. The summed E-state index contributed by atoms with van der Waals surface area (Å²) in [6.45, 7) is 5.10. The van der Waals surface area contributed by atoms with Crippen molar-refractivity contribution in [2.75, 3.05) is 30.3 Å². The fraction of sp³-hybridized carbons (Fsp3) is 0.462. The van der Waals surface area contributed by atoms with Gasteiger partial charge in [-0.2, -0.15) is 4.98 Å². The Hall–Kier alpha value is -2.44. The Balaban J connectivity index is 1.51. The average molecular weight is 448 g/mol. The largest absolute Gasteiger partial charge is 0.362 e. The molecule has 1 fully saturated rings. The first kappa shape index (κ1) is 21.4. The summed E-state index contributed by atoms with van der Waals surface area (Å²) >= 11 is 1.78. The number of thiophene rings is 1. The second-order valence-corrected chi connectivity index (χ2v) is 10.0. The van der Waals surface area contributed by atoms with Crippen molar-refractivity contribution in [3.63, 3.8) is 0 Å². The number of benzene rings is 1. The Morgan fingerprint density at radius 1 is 1.12 bits per heavy atom. The topological polar surface area (TPSA) is 61.9 Å². The molecule has 6 heteroatoms. The highest BCUT2D eigenvalue weighted by Gasteiger charge is 2.18. The van der Waals surface area contributed by atoms with Gasteiger partial charge in [0.1, 0.15) is 5.82 Å². The minimum atomic E-state index is 0.195. The highest BCUT2D eigenvalue weighted by atomic mass is 32.1. The Kier molecular flexibility index (Phi) is 6.69. The molecule has 0 saturated heterocycles. The van der Waals surface area contributed by atoms with Crippen LogP contribution in [0.15, 0.2) is 41.8 Å². The van der Waals surface area contributed by atoms with Crippen molar-refractivity contribution < 1.29 is 0 Å². The Morgan fingerprint density at radius 2 is 2.03 bits per heavy atom. The Labute approximate surface area is 194 Å². The van der Waals surface area contributed by atoms with Crippen LogP contribution in [0, 0.1) is 5.92 Å². The number of para-hydroxylation sites is 1. The quantitative estimate of drug-likeness (QED) is 0.400. The molecule has 5 nitrogen and oxygen atoms in total. The van der Waals surface area contributed by atoms with E-state index in [0.717, 1.165) is 54.6 Å². The minimum Gasteiger partial charge on any atom is -0.362 e. The molecule has 32 heavy (non-hydrogen) atoms. The molecular weight excluding hydrogens is 414 g/mol. The van der Waals surface area contributed by atoms with E-state index in [-0.39, 0.29) is 6.04 Å². The fourth-order valence-corrected chi connectivity index (χ4v) is 5.64. The second-order valence-electron chi connectivity index (χ2n) is 9.05. The maximum atomic E-state index is 5.04. The van der Waals surface area contributed by atoms with Gasteiger partial charge >= 0.3 is 0 Å². The van der Waals surface area contributed by atoms with Gasteiger partial charge in [0.25, 0.3) is 0 Å². The van der Waals surface area contributed by atoms with Crippen molar-refractivity contribution in [3.05, 3.63) is 52.2 Å². The molecule has 3 aromatic rings. The first-order chi connectivity index (χ1) is 15.8. The molecule has 0 radical (unpaired) electrons. The predicted molar refractivity (Wildman–Crippen MR) is 136 cm³/mol. The maximum Gasteiger partial charge on any atom is 0.225 e. The lowest BCUT2D eigenvalue weighted by Gasteiger charge is -2.23. The lowest BCUT2D eigenvalue weighted by Crippen LogP contribution is -2.20. The summed E-state index contributed by atoms with van der Waals surface area (Å²) in [6.07, 6.45) is 10.0. The van der Waals surface area contributed by atoms with Crippen molar-refractivity contribution in [2.45, 2.75) is 51.5 Å². The van der Waals surface area contributed by atoms with Crippen molar-refractivity contribution >= 4 is 39.6 Å². The van der Waals surface area contributed by atoms with Crippen LogP contribution in [0.1, 0.15) is 61.9 Å². The fourth-order valence-electron chi connectivity index (χ4n) is 4.91. The van der Waals surface area contributed by atoms with Crippen LogP contribution in [0.5, 0.6) is 0 Å². The van der Waals surface area contributed by atoms with E-state index in [1.165, 1.54) is 48.1 Å². The zero-order valence-corrected chi connectivity index (χ0v) is 19.7. The van der Waals surface area contributed by atoms with Crippen LogP contribution in [0.25, 0.3) is 16.5 Å². The van der Waals surface area contributed by atoms with Gasteiger partial charge in [-0.25, -0.2) is 4.98 Å². The molecule has 2 aromatic heterocycles. The van der Waals surface area contributed by atoms with Gasteiger partial charge in [-0.05, 0) is 61.7 Å². The molecule has 1 aliphatic heterocycles. The van der Waals surface area contributed by atoms with E-state index in [1.54, 1.807) is 11.3 Å². The van der Waals surface area contributed by atoms with Gasteiger partial charge < -0.3 is 16.0 Å². The summed E-state index contributed by atoms with van der Waals surface area (Å²) in [5.41, 5.74) is 3.66. The third-order valence-electron chi connectivity index (χ3n) is 6.73. The SMILES string of the molecule is CC(Nc1nc(NCC2CCCCC2)nc2c(C3=CCNCC3)cccc12)c1cccs1. The molecule has 3 heterocycles. The molecule has 1 aliphatic carbocycles. The molecule has 0 bridgehead atoms. The van der Waals surface area contributed by atoms with Gasteiger partial charge in [-0.3, -0.25) is 0 Å². The summed E-state index contributed by atoms with van der Waals surface area (Å²) in [6, 6.07) is 11.0. The van der Waals surface area contributed by atoms with Crippen LogP contribution >= 0.6 is 11.3 Å². The van der Waals surface area contributed by atoms with Gasteiger partial charge in [0.2, 0.25) is 5.95 Å². The Bertz CT molecular complexity index is 1070. The van der Waals surface area contributed by atoms with Gasteiger partial charge in [-0.15, -0.1) is 11.3 Å². The summed E-state index contributed by atoms with van der Waals surface area (Å²) in [4.78, 5) is 11.3. The van der Waals surface area contributed by atoms with Gasteiger partial charge in [0.05, 0.1) is 11.6 Å². The second kappa shape index (κ2) is 10.0. The first-order valence-electron chi connectivity index (χ1n) is 12.0. The van der Waals surface area contributed by atoms with Crippen molar-refractivity contribution in [1.29, 1.82) is 0 Å². The van der Waals surface area contributed by atoms with Crippen LogP contribution in [-0.2, 0) is 0 Å². The van der Waals surface area contributed by atoms with Crippen molar-refractivity contribution in [2.24, 2.45) is 5.92 Å². The van der Waals surface area contributed by atoms with E-state index < -0.39 is 0 Å². The van der Waals surface area contributed by atoms with Crippen LogP contribution < -0.4 is 16.0 Å². The van der Waals surface area contributed by atoms with E-state index in [9.17, 15) is 0 Å². The summed E-state index contributed by atoms with van der Waals surface area (Å²) in [7, 11) is 0. The molecule has 0 spiro atoms. The maximum absolute atomic E-state index is 5.04. The summed E-state index contributed by atoms with van der Waals surface area (Å²) in [5, 5.41) is 13.9. The number of nitrogens with one attached hydrogen (secondary N) is 3. The van der Waals surface area contributed by atoms with E-state index in [0.29, 0.717) is 0 Å². The molecule has 1 atom stereocenters. The smallest absolute Gasteiger partial charge is 0.225 e. The molecule has 1 saturated carbocycles. The third kappa shape index (κ3) is 4.81. The predicted octanol–water partition coefficient (Wildman–Crippen LogP) is 6.23. The van der Waals surface area contributed by atoms with Crippen LogP contribution in [0.3, 0.4) is 0 Å². The third-order valence-corrected chi connectivity index (χ3v) is 7.79. The molecule has 3 N–H and O–H groups in total. The minimum absolute atomic E-state index is 0.195. The molecule has 0 amide bonds. The number of hydrogen-bond donors (Lipinski definition) is 3. The summed E-state index contributed by atoms with van der Waals surface area (Å²) < 4.78 is 0. The van der Waals surface area contributed by atoms with Gasteiger partial charge in [-0.1, -0.05) is 43.5 Å². The summed E-state index contributed by atoms with van der Waals surface area (Å²) in [5.74, 6) is 2.39. The Morgan fingerprint density at radius 3 is 2.81 bits per heavy atom. The van der Waals surface area contributed by atoms with Crippen LogP contribution in [0.4, 0.5) is 11.8 Å². The van der Waals surface area contributed by atoms with Crippen LogP contribution in [-0.4, -0.2) is 29.6 Å². The highest BCUT2D eigenvalue weighted by molar-refractivity contribution is 7.10. The number of anilines is 2. The van der Waals surface area contributed by atoms with E-state index in [4.69, 9.17) is 9.97 Å². The number of rotatable bonds is 7. The highest BCUT2D eigenvalue weighted by Crippen LogP contribution is 2.33. The molecule has 1 aromatic carbocycles. The monoisotopic (exact) mass is 447 g/mol. The zero-order chi connectivity index (χ0) is 21.8. The molecule has 2 aliphatic rings. The van der Waals surface area contributed by atoms with Crippen molar-refractivity contribution in [1.82, 2.24) is 15.3 Å². The van der Waals surface area contributed by atoms with Crippen LogP contribution in [0.2, 0.25) is 0 Å². The zero-order valence-electron chi connectivity index (χ0n) is 18.9. The first-order valence-corrected chi connectivity index (χ1v) is 12.9. The molecule has 168 valence electrons. The molecular formula is C26H33N5S. The molecule has 5 rings (SSSR count). The van der Waals surface area contributed by atoms with E-state index in [2.05, 4.69) is 64.7 Å². The number of fused-ring (bicyclic) bond motifs is 1. The average Bonchev–Trinajstić information content (AvgIpc) is 3.39. The molecule has 1 unspecified atom stereocenters. The van der Waals surface area contributed by atoms with Crippen molar-refractivity contribution in [3.8, 4) is 0 Å². The number of nitrogens with zero attached hydrogens (tertiary/aromatic N) is 2.